The van der Waals surface area contributed by atoms with Crippen LogP contribution in [0.1, 0.15) is 13.8 Å². The maximum atomic E-state index is 9.39. The van der Waals surface area contributed by atoms with Crippen molar-refractivity contribution < 1.29 is 10.0 Å². The second-order valence-corrected chi connectivity index (χ2v) is 5.05. The predicted molar refractivity (Wildman–Crippen MR) is 75.2 cm³/mol. The van der Waals surface area contributed by atoms with Crippen molar-refractivity contribution in [3.05, 3.63) is 24.3 Å². The van der Waals surface area contributed by atoms with Crippen LogP contribution in [0, 0.1) is 0 Å². The molecule has 2 N–H and O–H groups in total. The molecule has 5 heteroatoms. The fourth-order valence-electron chi connectivity index (χ4n) is 2.47. The fraction of sp³-hybridized carbons (Fsp3) is 0.538. The molecule has 0 saturated carbocycles. The largest absolute Gasteiger partial charge is 0.490 e. The van der Waals surface area contributed by atoms with Gasteiger partial charge in [-0.1, -0.05) is 18.2 Å². The maximum Gasteiger partial charge on any atom is 0.490 e. The van der Waals surface area contributed by atoms with Crippen LogP contribution < -0.4 is 10.4 Å². The zero-order chi connectivity index (χ0) is 13.1. The lowest BCUT2D eigenvalue weighted by molar-refractivity contribution is 0.209. The summed E-state index contributed by atoms with van der Waals surface area (Å²) in [7, 11) is -1.40. The molecule has 1 saturated heterocycles. The van der Waals surface area contributed by atoms with E-state index in [0.29, 0.717) is 11.5 Å². The summed E-state index contributed by atoms with van der Waals surface area (Å²) in [4.78, 5) is 4.67. The lowest BCUT2D eigenvalue weighted by Gasteiger charge is -2.38. The minimum Gasteiger partial charge on any atom is -0.423 e. The number of hydrogen-bond donors (Lipinski definition) is 2. The highest BCUT2D eigenvalue weighted by atomic mass is 16.4. The average Bonchev–Trinajstić information content (AvgIpc) is 2.39. The molecule has 1 aliphatic heterocycles. The molecule has 0 amide bonds. The molecular formula is C13H21BN2O2. The Morgan fingerprint density at radius 3 is 2.22 bits per heavy atom. The van der Waals surface area contributed by atoms with Crippen molar-refractivity contribution in [1.82, 2.24) is 4.90 Å². The average molecular weight is 248 g/mol. The molecule has 4 nitrogen and oxygen atoms in total. The first-order valence-electron chi connectivity index (χ1n) is 6.53. The summed E-state index contributed by atoms with van der Waals surface area (Å²) in [5, 5.41) is 18.8. The second-order valence-electron chi connectivity index (χ2n) is 5.05. The second kappa shape index (κ2) is 5.74. The minimum absolute atomic E-state index is 0.575. The first-order valence-corrected chi connectivity index (χ1v) is 6.53. The van der Waals surface area contributed by atoms with E-state index in [1.54, 1.807) is 6.07 Å². The van der Waals surface area contributed by atoms with Gasteiger partial charge >= 0.3 is 7.12 Å². The van der Waals surface area contributed by atoms with Crippen molar-refractivity contribution in [3.63, 3.8) is 0 Å². The summed E-state index contributed by atoms with van der Waals surface area (Å²) in [6, 6.07) is 8.08. The van der Waals surface area contributed by atoms with Crippen LogP contribution in [0.15, 0.2) is 24.3 Å². The van der Waals surface area contributed by atoms with Gasteiger partial charge < -0.3 is 14.9 Å². The third kappa shape index (κ3) is 2.86. The van der Waals surface area contributed by atoms with E-state index >= 15 is 0 Å². The van der Waals surface area contributed by atoms with Gasteiger partial charge in [-0.05, 0) is 19.9 Å². The van der Waals surface area contributed by atoms with Crippen molar-refractivity contribution in [2.45, 2.75) is 19.9 Å². The van der Waals surface area contributed by atoms with Crippen molar-refractivity contribution in [2.75, 3.05) is 31.1 Å². The smallest absolute Gasteiger partial charge is 0.423 e. The highest BCUT2D eigenvalue weighted by Crippen LogP contribution is 2.15. The molecule has 1 fully saturated rings. The van der Waals surface area contributed by atoms with Gasteiger partial charge in [-0.15, -0.1) is 0 Å². The number of anilines is 1. The number of rotatable bonds is 3. The van der Waals surface area contributed by atoms with E-state index in [0.717, 1.165) is 31.9 Å². The Labute approximate surface area is 109 Å². The van der Waals surface area contributed by atoms with Crippen LogP contribution in [0.4, 0.5) is 5.69 Å². The van der Waals surface area contributed by atoms with Gasteiger partial charge in [-0.25, -0.2) is 0 Å². The zero-order valence-corrected chi connectivity index (χ0v) is 11.1. The highest BCUT2D eigenvalue weighted by molar-refractivity contribution is 6.60. The van der Waals surface area contributed by atoms with Gasteiger partial charge in [0.2, 0.25) is 0 Å². The summed E-state index contributed by atoms with van der Waals surface area (Å²) in [5.74, 6) is 0. The van der Waals surface area contributed by atoms with Gasteiger partial charge in [0.25, 0.3) is 0 Å². The molecule has 0 aromatic heterocycles. The summed E-state index contributed by atoms with van der Waals surface area (Å²) < 4.78 is 0. The van der Waals surface area contributed by atoms with Crippen molar-refractivity contribution in [1.29, 1.82) is 0 Å². The SMILES string of the molecule is CC(C)N1CCN(c2ccccc2B(O)O)CC1. The van der Waals surface area contributed by atoms with E-state index in [-0.39, 0.29) is 0 Å². The van der Waals surface area contributed by atoms with Crippen molar-refractivity contribution >= 4 is 18.3 Å². The third-order valence-electron chi connectivity index (χ3n) is 3.60. The predicted octanol–water partition coefficient (Wildman–Crippen LogP) is -0.103. The zero-order valence-electron chi connectivity index (χ0n) is 11.1. The van der Waals surface area contributed by atoms with Gasteiger partial charge in [0, 0.05) is 43.4 Å². The van der Waals surface area contributed by atoms with E-state index in [4.69, 9.17) is 0 Å². The first-order chi connectivity index (χ1) is 8.59. The van der Waals surface area contributed by atoms with Gasteiger partial charge in [0.1, 0.15) is 0 Å². The van der Waals surface area contributed by atoms with Crippen LogP contribution in [-0.2, 0) is 0 Å². The number of hydrogen-bond acceptors (Lipinski definition) is 4. The molecule has 2 rings (SSSR count). The molecule has 0 bridgehead atoms. The Balaban J connectivity index is 2.10. The summed E-state index contributed by atoms with van der Waals surface area (Å²) in [5.41, 5.74) is 1.53. The summed E-state index contributed by atoms with van der Waals surface area (Å²) in [6.07, 6.45) is 0. The molecule has 1 aromatic rings. The molecule has 0 atom stereocenters. The molecular weight excluding hydrogens is 227 g/mol. The quantitative estimate of drug-likeness (QED) is 0.733. The van der Waals surface area contributed by atoms with Crippen LogP contribution in [0.5, 0.6) is 0 Å². The normalized spacial score (nSPS) is 17.3. The standard InChI is InChI=1S/C13H21BN2O2/c1-11(2)15-7-9-16(10-8-15)13-6-4-3-5-12(13)14(17)18/h3-6,11,17-18H,7-10H2,1-2H3. The summed E-state index contributed by atoms with van der Waals surface area (Å²) in [6.45, 7) is 8.33. The Kier molecular flexibility index (Phi) is 4.27. The number of benzene rings is 1. The van der Waals surface area contributed by atoms with Gasteiger partial charge in [0.15, 0.2) is 0 Å². The third-order valence-corrected chi connectivity index (χ3v) is 3.60. The van der Waals surface area contributed by atoms with E-state index < -0.39 is 7.12 Å². The van der Waals surface area contributed by atoms with Crippen LogP contribution >= 0.6 is 0 Å². The van der Waals surface area contributed by atoms with E-state index in [2.05, 4.69) is 23.6 Å². The Morgan fingerprint density at radius 1 is 1.06 bits per heavy atom. The molecule has 1 aromatic carbocycles. The number of piperazine rings is 1. The Morgan fingerprint density at radius 2 is 1.67 bits per heavy atom. The molecule has 0 aliphatic carbocycles. The lowest BCUT2D eigenvalue weighted by atomic mass is 9.78. The van der Waals surface area contributed by atoms with Crippen LogP contribution in [0.2, 0.25) is 0 Å². The van der Waals surface area contributed by atoms with E-state index in [1.165, 1.54) is 0 Å². The van der Waals surface area contributed by atoms with Gasteiger partial charge in [0.05, 0.1) is 0 Å². The molecule has 0 spiro atoms. The van der Waals surface area contributed by atoms with Crippen LogP contribution in [0.25, 0.3) is 0 Å². The molecule has 0 unspecified atom stereocenters. The van der Waals surface area contributed by atoms with E-state index in [9.17, 15) is 10.0 Å². The summed E-state index contributed by atoms with van der Waals surface area (Å²) >= 11 is 0. The fourth-order valence-corrected chi connectivity index (χ4v) is 2.47. The Bertz CT molecular complexity index is 390. The first kappa shape index (κ1) is 13.4. The Hall–Kier alpha value is -1.04. The van der Waals surface area contributed by atoms with Crippen molar-refractivity contribution in [2.24, 2.45) is 0 Å². The van der Waals surface area contributed by atoms with Gasteiger partial charge in [-0.2, -0.15) is 0 Å². The van der Waals surface area contributed by atoms with Crippen molar-refractivity contribution in [3.8, 4) is 0 Å². The molecule has 1 heterocycles. The topological polar surface area (TPSA) is 46.9 Å². The minimum atomic E-state index is -1.40. The molecule has 18 heavy (non-hydrogen) atoms. The van der Waals surface area contributed by atoms with Gasteiger partial charge in [-0.3, -0.25) is 4.90 Å². The highest BCUT2D eigenvalue weighted by Gasteiger charge is 2.23. The molecule has 0 radical (unpaired) electrons. The number of nitrogens with zero attached hydrogens (tertiary/aromatic N) is 2. The number of para-hydroxylation sites is 1. The molecule has 1 aliphatic rings. The van der Waals surface area contributed by atoms with Crippen LogP contribution in [-0.4, -0.2) is 54.3 Å². The van der Waals surface area contributed by atoms with E-state index in [1.807, 2.05) is 18.2 Å². The molecule has 98 valence electrons. The lowest BCUT2D eigenvalue weighted by Crippen LogP contribution is -2.50. The van der Waals surface area contributed by atoms with Crippen LogP contribution in [0.3, 0.4) is 0 Å². The monoisotopic (exact) mass is 248 g/mol. The maximum absolute atomic E-state index is 9.39.